The quantitative estimate of drug-likeness (QED) is 0.0597. The molecule has 5 heterocycles. The summed E-state index contributed by atoms with van der Waals surface area (Å²) in [7, 11) is 1.71. The monoisotopic (exact) mass is 974 g/mol. The van der Waals surface area contributed by atoms with Gasteiger partial charge in [0.2, 0.25) is 5.76 Å². The van der Waals surface area contributed by atoms with Crippen molar-refractivity contribution >= 4 is 34.5 Å². The number of benzene rings is 2. The summed E-state index contributed by atoms with van der Waals surface area (Å²) < 4.78 is 32.1. The predicted octanol–water partition coefficient (Wildman–Crippen LogP) is 5.18. The fourth-order valence-corrected chi connectivity index (χ4v) is 14.7. The van der Waals surface area contributed by atoms with Gasteiger partial charge in [-0.3, -0.25) is 9.59 Å². The molecule has 15 heteroatoms. The number of carbonyl (C=O) groups is 3. The Balaban J connectivity index is 1.15. The molecule has 4 aliphatic carbocycles. The molecular formula is C56H66N2O13. The van der Waals surface area contributed by atoms with E-state index in [2.05, 4.69) is 28.1 Å². The van der Waals surface area contributed by atoms with Gasteiger partial charge in [-0.1, -0.05) is 23.8 Å². The number of aldehydes is 1. The van der Waals surface area contributed by atoms with E-state index in [1.807, 2.05) is 30.5 Å². The van der Waals surface area contributed by atoms with Gasteiger partial charge >= 0.3 is 5.97 Å². The average molecular weight is 975 g/mol. The lowest BCUT2D eigenvalue weighted by atomic mass is 9.37. The summed E-state index contributed by atoms with van der Waals surface area (Å²) in [6.45, 7) is 3.22. The van der Waals surface area contributed by atoms with Gasteiger partial charge in [0.25, 0.3) is 0 Å². The molecule has 3 aromatic rings. The van der Waals surface area contributed by atoms with Crippen LogP contribution in [0.25, 0.3) is 16.5 Å². The highest BCUT2D eigenvalue weighted by atomic mass is 16.6. The van der Waals surface area contributed by atoms with Gasteiger partial charge in [0.1, 0.15) is 28.6 Å². The number of allylic oxidation sites excluding steroid dienone is 4. The van der Waals surface area contributed by atoms with Gasteiger partial charge in [0.15, 0.2) is 11.9 Å². The molecule has 2 saturated carbocycles. The second-order valence-corrected chi connectivity index (χ2v) is 21.4. The number of methoxy groups -OCH3 is 1. The van der Waals surface area contributed by atoms with Crippen molar-refractivity contribution in [3.8, 4) is 17.2 Å². The summed E-state index contributed by atoms with van der Waals surface area (Å²) in [5.41, 5.74) is 0.156. The third-order valence-corrected chi connectivity index (χ3v) is 18.1. The number of aromatic nitrogens is 1. The van der Waals surface area contributed by atoms with Crippen LogP contribution in [0.3, 0.4) is 0 Å². The molecule has 0 amide bonds. The lowest BCUT2D eigenvalue weighted by molar-refractivity contribution is -0.278. The summed E-state index contributed by atoms with van der Waals surface area (Å²) in [4.78, 5) is 48.3. The van der Waals surface area contributed by atoms with E-state index in [4.69, 9.17) is 23.7 Å². The molecule has 6 N–H and O–H groups in total. The smallest absolute Gasteiger partial charge is 0.375 e. The van der Waals surface area contributed by atoms with E-state index >= 15 is 0 Å². The number of aryl methyl sites for hydroxylation is 1. The molecule has 0 radical (unpaired) electrons. The van der Waals surface area contributed by atoms with Gasteiger partial charge in [-0.2, -0.15) is 0 Å². The first kappa shape index (κ1) is 48.2. The molecule has 71 heavy (non-hydrogen) atoms. The highest BCUT2D eigenvalue weighted by molar-refractivity contribution is 6.11. The van der Waals surface area contributed by atoms with Crippen LogP contribution in [0.5, 0.6) is 17.2 Å². The summed E-state index contributed by atoms with van der Waals surface area (Å²) in [6.07, 6.45) is 15.7. The number of hydrogen-bond acceptors (Lipinski definition) is 14. The van der Waals surface area contributed by atoms with Crippen molar-refractivity contribution in [1.29, 1.82) is 0 Å². The van der Waals surface area contributed by atoms with Gasteiger partial charge in [-0.25, -0.2) is 4.79 Å². The molecule has 1 aromatic heterocycles. The minimum atomic E-state index is -1.54. The van der Waals surface area contributed by atoms with Gasteiger partial charge in [-0.15, -0.1) is 0 Å². The average Bonchev–Trinajstić information content (AvgIpc) is 4.01. The van der Waals surface area contributed by atoms with Crippen molar-refractivity contribution in [2.45, 2.75) is 94.9 Å². The van der Waals surface area contributed by atoms with Crippen LogP contribution >= 0.6 is 0 Å². The van der Waals surface area contributed by atoms with E-state index in [1.54, 1.807) is 14.0 Å². The Morgan fingerprint density at radius 1 is 1.04 bits per heavy atom. The first-order valence-corrected chi connectivity index (χ1v) is 25.7. The number of hydrogen-bond donors (Lipinski definition) is 6. The number of nitrogens with zero attached hydrogens (tertiary/aromatic N) is 1. The zero-order valence-electron chi connectivity index (χ0n) is 40.7. The number of H-pyrrole nitrogens is 1. The number of aliphatic hydroxyl groups excluding tert-OH is 4. The fourth-order valence-electron chi connectivity index (χ4n) is 14.7. The summed E-state index contributed by atoms with van der Waals surface area (Å²) in [5, 5.41) is 59.7. The predicted molar refractivity (Wildman–Crippen MR) is 261 cm³/mol. The van der Waals surface area contributed by atoms with Crippen LogP contribution in [0.15, 0.2) is 65.6 Å². The van der Waals surface area contributed by atoms with Crippen LogP contribution in [0, 0.1) is 34.5 Å². The molecule has 1 saturated heterocycles. The van der Waals surface area contributed by atoms with Crippen molar-refractivity contribution in [3.63, 3.8) is 0 Å². The number of likely N-dealkylation sites (tertiary alicyclic amines) is 1. The Hall–Kier alpha value is -5.13. The van der Waals surface area contributed by atoms with E-state index in [0.717, 1.165) is 54.5 Å². The van der Waals surface area contributed by atoms with Crippen LogP contribution < -0.4 is 14.2 Å². The lowest BCUT2D eigenvalue weighted by Crippen LogP contribution is -2.79. The van der Waals surface area contributed by atoms with Crippen LogP contribution in [0.4, 0.5) is 0 Å². The molecule has 2 spiro atoms. The number of rotatable bonds is 12. The van der Waals surface area contributed by atoms with Crippen molar-refractivity contribution in [3.05, 3.63) is 93.4 Å². The third kappa shape index (κ3) is 7.11. The standard InChI is InChI=1S/C56H66N2O13/c1-3-68-52(65)51-41(29-62)45-35-21-36(28-61)47(64)39(23-35)38-22-34-9-16-57-43(34)24-33(38)6-5-32(27-60)31-69-49-40-25-55(71-48(40)42(30-63)50(70-51)46(45)49)13-11-53(15-19-59)10-12-54-14-18-58(17-4-20-67-2)26-37(54)7-8-44(53)56(54,55)66/h7-9,11,13,16,22,24,29,32,36-37,39,44,57,59-61,63,66H,3-6,10,12,14-15,17-21,23,25-28,30-31H2,1-2H3/b45-35-/t32-,36-,37+,39+,44+,53+,54-,55-,56+/m0/s1. The molecule has 3 fully saturated rings. The normalized spacial score (nSPS) is 33.7. The van der Waals surface area contributed by atoms with Crippen LogP contribution in [0.2, 0.25) is 0 Å². The Labute approximate surface area is 413 Å². The number of aromatic amines is 1. The summed E-state index contributed by atoms with van der Waals surface area (Å²) >= 11 is 0. The third-order valence-electron chi connectivity index (χ3n) is 18.1. The molecule has 4 aliphatic heterocycles. The molecular weight excluding hydrogens is 909 g/mol. The number of aliphatic hydroxyl groups is 5. The van der Waals surface area contributed by atoms with Gasteiger partial charge in [0, 0.05) is 98.4 Å². The highest BCUT2D eigenvalue weighted by Gasteiger charge is 2.77. The Kier molecular flexibility index (Phi) is 12.5. The largest absolute Gasteiger partial charge is 0.492 e. The zero-order valence-corrected chi connectivity index (χ0v) is 40.7. The molecule has 11 rings (SSSR count). The maximum atomic E-state index is 14.7. The fraction of sp³-hybridized carbons (Fsp3) is 0.554. The van der Waals surface area contributed by atoms with Crippen LogP contribution in [-0.2, 0) is 43.3 Å². The van der Waals surface area contributed by atoms with E-state index in [0.29, 0.717) is 56.1 Å². The first-order chi connectivity index (χ1) is 34.5. The molecule has 9 atom stereocenters. The van der Waals surface area contributed by atoms with E-state index < -0.39 is 70.6 Å². The number of fused-ring (bicyclic) bond motifs is 7. The Morgan fingerprint density at radius 2 is 1.90 bits per heavy atom. The second-order valence-electron chi connectivity index (χ2n) is 21.4. The molecule has 8 aliphatic rings. The van der Waals surface area contributed by atoms with Crippen molar-refractivity contribution in [2.75, 3.05) is 66.4 Å². The van der Waals surface area contributed by atoms with E-state index in [-0.39, 0.29) is 96.9 Å². The Bertz CT molecular complexity index is 2790. The number of piperidine rings is 1. The second kappa shape index (κ2) is 18.4. The first-order valence-electron chi connectivity index (χ1n) is 25.7. The number of esters is 1. The zero-order chi connectivity index (χ0) is 49.5. The van der Waals surface area contributed by atoms with E-state index in [1.165, 1.54) is 0 Å². The van der Waals surface area contributed by atoms with Crippen LogP contribution in [-0.4, -0.2) is 131 Å². The highest BCUT2D eigenvalue weighted by Crippen LogP contribution is 2.73. The van der Waals surface area contributed by atoms with Gasteiger partial charge < -0.3 is 59.1 Å². The maximum absolute atomic E-state index is 14.7. The number of nitrogens with one attached hydrogen (secondary N) is 1. The SMILES string of the molecule is CCOC(=O)C1=C(C=O)/C2=C3\C[C@@H](CO)C(=O)[C@H](C3)c3cc4cc[nH]c4cc3CC[C@@H](CO)COc3c4c(c(CO)c(c32)O1)O[C@@]1(C=C[C@@]2(CCO)CC[C@]35CCN(CCCOC)C[C@H]3C=C[C@H]2[C@@]51O)C4. The number of ether oxygens (including phenoxy) is 5. The Morgan fingerprint density at radius 3 is 2.66 bits per heavy atom. The van der Waals surface area contributed by atoms with Crippen molar-refractivity contribution in [2.24, 2.45) is 34.5 Å². The molecule has 15 nitrogen and oxygen atoms in total. The minimum absolute atomic E-state index is 0.00599. The summed E-state index contributed by atoms with van der Waals surface area (Å²) in [5.74, 6) is -3.48. The van der Waals surface area contributed by atoms with Gasteiger partial charge in [0.05, 0.1) is 43.1 Å². The topological polar surface area (TPSA) is 218 Å². The number of carbonyl (C=O) groups excluding carboxylic acids is 3. The summed E-state index contributed by atoms with van der Waals surface area (Å²) in [6, 6.07) is 5.99. The number of ketones is 1. The lowest BCUT2D eigenvalue weighted by Gasteiger charge is -2.71. The number of Topliss-reactive ketones (excluding diaryl/α,β-unsaturated/α-hetero) is 1. The van der Waals surface area contributed by atoms with Crippen molar-refractivity contribution in [1.82, 2.24) is 9.88 Å². The van der Waals surface area contributed by atoms with Gasteiger partial charge in [-0.05, 0) is 123 Å². The van der Waals surface area contributed by atoms with E-state index in [9.17, 15) is 39.9 Å². The van der Waals surface area contributed by atoms with Crippen molar-refractivity contribution < 1.29 is 63.6 Å². The van der Waals surface area contributed by atoms with Crippen LogP contribution in [0.1, 0.15) is 92.0 Å². The molecule has 0 unspecified atom stereocenters. The molecule has 378 valence electrons. The molecule has 6 bridgehead atoms. The minimum Gasteiger partial charge on any atom is -0.492 e. The maximum Gasteiger partial charge on any atom is 0.375 e. The molecule has 2 aromatic carbocycles.